The second kappa shape index (κ2) is 5.93. The van der Waals surface area contributed by atoms with E-state index in [1.165, 1.54) is 5.56 Å². The third kappa shape index (κ3) is 4.68. The minimum Gasteiger partial charge on any atom is -0.360 e. The molecule has 1 aliphatic heterocycles. The van der Waals surface area contributed by atoms with Crippen LogP contribution < -0.4 is 16.0 Å². The van der Waals surface area contributed by atoms with Gasteiger partial charge < -0.3 is 16.0 Å². The number of benzene rings is 1. The molecule has 0 aliphatic carbocycles. The molecule has 0 unspecified atom stereocenters. The number of hydrogen-bond donors (Lipinski definition) is 3. The zero-order valence-corrected chi connectivity index (χ0v) is 14.5. The molecule has 0 aromatic heterocycles. The van der Waals surface area contributed by atoms with Crippen LogP contribution in [0.2, 0.25) is 0 Å². The fourth-order valence-electron chi connectivity index (χ4n) is 3.48. The van der Waals surface area contributed by atoms with E-state index < -0.39 is 0 Å². The van der Waals surface area contributed by atoms with Crippen LogP contribution in [-0.2, 0) is 0 Å². The van der Waals surface area contributed by atoms with E-state index in [0.717, 1.165) is 18.5 Å². The molecule has 0 amide bonds. The Bertz CT molecular complexity index is 507. The molecule has 3 nitrogen and oxygen atoms in total. The molecule has 2 rings (SSSR count). The topological polar surface area (TPSA) is 36.1 Å². The molecule has 1 aromatic rings. The Morgan fingerprint density at radius 1 is 1.14 bits per heavy atom. The van der Waals surface area contributed by atoms with Gasteiger partial charge >= 0.3 is 0 Å². The highest BCUT2D eigenvalue weighted by molar-refractivity contribution is 7.80. The number of rotatable bonds is 2. The van der Waals surface area contributed by atoms with Gasteiger partial charge in [-0.1, -0.05) is 18.2 Å². The summed E-state index contributed by atoms with van der Waals surface area (Å²) in [5, 5.41) is 11.2. The van der Waals surface area contributed by atoms with E-state index in [2.05, 4.69) is 62.7 Å². The van der Waals surface area contributed by atoms with Crippen LogP contribution in [-0.4, -0.2) is 22.2 Å². The van der Waals surface area contributed by atoms with Crippen molar-refractivity contribution in [3.8, 4) is 0 Å². The van der Waals surface area contributed by atoms with Gasteiger partial charge in [0.1, 0.15) is 0 Å². The van der Waals surface area contributed by atoms with Gasteiger partial charge in [-0.3, -0.25) is 0 Å². The molecule has 1 aliphatic rings. The van der Waals surface area contributed by atoms with Gasteiger partial charge in [-0.15, -0.1) is 0 Å². The minimum absolute atomic E-state index is 0.123. The second-order valence-corrected chi connectivity index (χ2v) is 7.82. The summed E-state index contributed by atoms with van der Waals surface area (Å²) in [5.41, 5.74) is 2.52. The molecule has 1 heterocycles. The zero-order chi connectivity index (χ0) is 15.7. The van der Waals surface area contributed by atoms with E-state index >= 15 is 0 Å². The van der Waals surface area contributed by atoms with Crippen LogP contribution >= 0.6 is 12.2 Å². The zero-order valence-electron chi connectivity index (χ0n) is 13.7. The second-order valence-electron chi connectivity index (χ2n) is 7.41. The first kappa shape index (κ1) is 16.2. The van der Waals surface area contributed by atoms with E-state index in [1.54, 1.807) is 0 Å². The Kier molecular flexibility index (Phi) is 4.59. The molecular weight excluding hydrogens is 278 g/mol. The van der Waals surface area contributed by atoms with Gasteiger partial charge in [0.2, 0.25) is 0 Å². The first-order chi connectivity index (χ1) is 9.67. The lowest BCUT2D eigenvalue weighted by Gasteiger charge is -2.46. The van der Waals surface area contributed by atoms with Crippen molar-refractivity contribution in [2.24, 2.45) is 0 Å². The highest BCUT2D eigenvalue weighted by Crippen LogP contribution is 2.28. The van der Waals surface area contributed by atoms with Crippen molar-refractivity contribution in [1.29, 1.82) is 0 Å². The molecule has 3 N–H and O–H groups in total. The van der Waals surface area contributed by atoms with Gasteiger partial charge in [-0.25, -0.2) is 0 Å². The smallest absolute Gasteiger partial charge is 0.171 e. The molecule has 0 saturated carbocycles. The minimum atomic E-state index is 0.123. The molecular formula is C17H27N3S. The van der Waals surface area contributed by atoms with Crippen LogP contribution in [0.3, 0.4) is 0 Å². The average molecular weight is 305 g/mol. The summed E-state index contributed by atoms with van der Waals surface area (Å²) in [6.07, 6.45) is 2.12. The maximum Gasteiger partial charge on any atom is 0.171 e. The lowest BCUT2D eigenvalue weighted by molar-refractivity contribution is 0.156. The number of hydrogen-bond acceptors (Lipinski definition) is 2. The molecule has 21 heavy (non-hydrogen) atoms. The Labute approximate surface area is 133 Å². The van der Waals surface area contributed by atoms with Crippen LogP contribution in [0.25, 0.3) is 0 Å². The van der Waals surface area contributed by atoms with Crippen molar-refractivity contribution >= 4 is 23.0 Å². The largest absolute Gasteiger partial charge is 0.360 e. The van der Waals surface area contributed by atoms with E-state index in [1.807, 2.05) is 12.1 Å². The molecule has 0 bridgehead atoms. The van der Waals surface area contributed by atoms with Crippen LogP contribution in [0.15, 0.2) is 24.3 Å². The van der Waals surface area contributed by atoms with Gasteiger partial charge in [0, 0.05) is 22.8 Å². The number of para-hydroxylation sites is 1. The summed E-state index contributed by atoms with van der Waals surface area (Å²) in [4.78, 5) is 0. The normalized spacial score (nSPS) is 20.8. The number of anilines is 1. The van der Waals surface area contributed by atoms with Crippen molar-refractivity contribution in [3.05, 3.63) is 29.8 Å². The predicted octanol–water partition coefficient (Wildman–Crippen LogP) is 3.59. The summed E-state index contributed by atoms with van der Waals surface area (Å²) >= 11 is 5.48. The van der Waals surface area contributed by atoms with Gasteiger partial charge in [-0.2, -0.15) is 0 Å². The number of thiocarbonyl (C=S) groups is 1. The van der Waals surface area contributed by atoms with E-state index in [0.29, 0.717) is 11.2 Å². The standard InChI is InChI=1S/C17H27N3S/c1-12-8-6-7-9-14(12)19-15(21)18-13-10-16(2,3)20-17(4,5)11-13/h6-9,13,20H,10-11H2,1-5H3,(H2,18,19,21). The third-order valence-electron chi connectivity index (χ3n) is 3.92. The Morgan fingerprint density at radius 2 is 1.71 bits per heavy atom. The Hall–Kier alpha value is -1.13. The molecule has 1 aromatic carbocycles. The molecule has 1 saturated heterocycles. The maximum atomic E-state index is 5.48. The van der Waals surface area contributed by atoms with E-state index in [-0.39, 0.29) is 11.1 Å². The third-order valence-corrected chi connectivity index (χ3v) is 4.14. The fourth-order valence-corrected chi connectivity index (χ4v) is 3.76. The summed E-state index contributed by atoms with van der Waals surface area (Å²) in [7, 11) is 0. The van der Waals surface area contributed by atoms with Crippen molar-refractivity contribution in [2.75, 3.05) is 5.32 Å². The van der Waals surface area contributed by atoms with Crippen LogP contribution in [0.5, 0.6) is 0 Å². The van der Waals surface area contributed by atoms with Gasteiger partial charge in [0.05, 0.1) is 0 Å². The fraction of sp³-hybridized carbons (Fsp3) is 0.588. The van der Waals surface area contributed by atoms with Crippen molar-refractivity contribution in [1.82, 2.24) is 10.6 Å². The highest BCUT2D eigenvalue weighted by atomic mass is 32.1. The molecule has 1 fully saturated rings. The van der Waals surface area contributed by atoms with Crippen LogP contribution in [0.4, 0.5) is 5.69 Å². The summed E-state index contributed by atoms with van der Waals surface area (Å²) in [5.74, 6) is 0. The van der Waals surface area contributed by atoms with Gasteiger partial charge in [0.15, 0.2) is 5.11 Å². The molecule has 0 atom stereocenters. The summed E-state index contributed by atoms with van der Waals surface area (Å²) in [6, 6.07) is 8.59. The number of nitrogens with one attached hydrogen (secondary N) is 3. The lowest BCUT2D eigenvalue weighted by atomic mass is 9.80. The van der Waals surface area contributed by atoms with E-state index in [4.69, 9.17) is 12.2 Å². The molecule has 4 heteroatoms. The summed E-state index contributed by atoms with van der Waals surface area (Å²) < 4.78 is 0. The highest BCUT2D eigenvalue weighted by Gasteiger charge is 2.37. The molecule has 0 radical (unpaired) electrons. The average Bonchev–Trinajstić information content (AvgIpc) is 2.27. The van der Waals surface area contributed by atoms with Crippen molar-refractivity contribution in [2.45, 2.75) is 64.6 Å². The van der Waals surface area contributed by atoms with Gasteiger partial charge in [0.25, 0.3) is 0 Å². The first-order valence-electron chi connectivity index (χ1n) is 7.59. The van der Waals surface area contributed by atoms with Crippen molar-refractivity contribution < 1.29 is 0 Å². The predicted molar refractivity (Wildman–Crippen MR) is 94.9 cm³/mol. The molecule has 0 spiro atoms. The monoisotopic (exact) mass is 305 g/mol. The van der Waals surface area contributed by atoms with Crippen LogP contribution in [0, 0.1) is 6.92 Å². The SMILES string of the molecule is Cc1ccccc1NC(=S)NC1CC(C)(C)NC(C)(C)C1. The van der Waals surface area contributed by atoms with E-state index in [9.17, 15) is 0 Å². The number of piperidine rings is 1. The maximum absolute atomic E-state index is 5.48. The van der Waals surface area contributed by atoms with Crippen molar-refractivity contribution in [3.63, 3.8) is 0 Å². The quantitative estimate of drug-likeness (QED) is 0.730. The van der Waals surface area contributed by atoms with Crippen LogP contribution in [0.1, 0.15) is 46.1 Å². The van der Waals surface area contributed by atoms with Gasteiger partial charge in [-0.05, 0) is 71.3 Å². The molecule has 116 valence electrons. The Morgan fingerprint density at radius 3 is 2.29 bits per heavy atom. The lowest BCUT2D eigenvalue weighted by Crippen LogP contribution is -2.62. The summed E-state index contributed by atoms with van der Waals surface area (Å²) in [6.45, 7) is 11.1. The number of aryl methyl sites for hydroxylation is 1. The first-order valence-corrected chi connectivity index (χ1v) is 8.00. The Balaban J connectivity index is 1.98.